The number of halogens is 1. The fraction of sp³-hybridized carbons (Fsp3) is 0.625. The second-order valence-electron chi connectivity index (χ2n) is 11.1. The van der Waals surface area contributed by atoms with Crippen LogP contribution in [0.1, 0.15) is 127 Å². The predicted molar refractivity (Wildman–Crippen MR) is 140 cm³/mol. The quantitative estimate of drug-likeness (QED) is 0.335. The van der Waals surface area contributed by atoms with Gasteiger partial charge in [0.05, 0.1) is 0 Å². The summed E-state index contributed by atoms with van der Waals surface area (Å²) in [5.74, 6) is 1.39. The zero-order valence-corrected chi connectivity index (χ0v) is 21.2. The normalized spacial score (nSPS) is 22.9. The maximum Gasteiger partial charge on any atom is 0.131 e. The van der Waals surface area contributed by atoms with Crippen molar-refractivity contribution in [1.82, 2.24) is 0 Å². The Bertz CT molecular complexity index is 845. The Balaban J connectivity index is 1.42. The molecule has 2 fully saturated rings. The van der Waals surface area contributed by atoms with E-state index in [-0.39, 0.29) is 5.82 Å². The molecule has 2 aliphatic carbocycles. The van der Waals surface area contributed by atoms with Crippen molar-refractivity contribution in [2.45, 2.75) is 121 Å². The highest BCUT2D eigenvalue weighted by molar-refractivity contribution is 5.65. The minimum absolute atomic E-state index is 0.0498. The van der Waals surface area contributed by atoms with Gasteiger partial charge in [-0.3, -0.25) is 0 Å². The van der Waals surface area contributed by atoms with Crippen molar-refractivity contribution < 1.29 is 4.39 Å². The van der Waals surface area contributed by atoms with Gasteiger partial charge in [0, 0.05) is 5.56 Å². The maximum atomic E-state index is 15.2. The Kier molecular flexibility index (Phi) is 8.67. The summed E-state index contributed by atoms with van der Waals surface area (Å²) < 4.78 is 15.2. The molecule has 0 atom stereocenters. The van der Waals surface area contributed by atoms with E-state index >= 15 is 4.39 Å². The van der Waals surface area contributed by atoms with Crippen LogP contribution in [0.5, 0.6) is 0 Å². The molecular formula is C32H45F. The summed E-state index contributed by atoms with van der Waals surface area (Å²) in [6.07, 6.45) is 19.7. The Labute approximate surface area is 202 Å². The molecule has 0 radical (unpaired) electrons. The highest BCUT2D eigenvalue weighted by atomic mass is 19.1. The third-order valence-electron chi connectivity index (χ3n) is 8.87. The van der Waals surface area contributed by atoms with Crippen LogP contribution in [0.25, 0.3) is 11.1 Å². The molecule has 0 bridgehead atoms. The summed E-state index contributed by atoms with van der Waals surface area (Å²) in [7, 11) is 0. The zero-order valence-electron chi connectivity index (χ0n) is 21.2. The van der Waals surface area contributed by atoms with Crippen molar-refractivity contribution in [3.8, 4) is 11.1 Å². The molecule has 0 aliphatic heterocycles. The smallest absolute Gasteiger partial charge is 0.131 e. The molecule has 1 heteroatoms. The number of hydrogen-bond donors (Lipinski definition) is 0. The lowest BCUT2D eigenvalue weighted by molar-refractivity contribution is 0.271. The first-order chi connectivity index (χ1) is 16.1. The fourth-order valence-electron chi connectivity index (χ4n) is 6.88. The molecule has 0 N–H and O–H groups in total. The molecule has 180 valence electrons. The van der Waals surface area contributed by atoms with E-state index in [1.807, 2.05) is 12.1 Å². The van der Waals surface area contributed by atoms with E-state index in [0.29, 0.717) is 11.3 Å². The summed E-state index contributed by atoms with van der Waals surface area (Å²) >= 11 is 0. The molecule has 0 heterocycles. The third-order valence-corrected chi connectivity index (χ3v) is 8.87. The lowest BCUT2D eigenvalue weighted by atomic mass is 9.67. The van der Waals surface area contributed by atoms with Crippen molar-refractivity contribution in [3.63, 3.8) is 0 Å². The van der Waals surface area contributed by atoms with Crippen molar-refractivity contribution in [3.05, 3.63) is 59.4 Å². The molecule has 2 aromatic carbocycles. The molecule has 0 unspecified atom stereocenters. The van der Waals surface area contributed by atoms with Crippen LogP contribution < -0.4 is 0 Å². The molecule has 0 spiro atoms. The van der Waals surface area contributed by atoms with E-state index in [1.54, 1.807) is 0 Å². The van der Waals surface area contributed by atoms with Gasteiger partial charge in [-0.25, -0.2) is 4.39 Å². The average Bonchev–Trinajstić information content (AvgIpc) is 2.85. The predicted octanol–water partition coefficient (Wildman–Crippen LogP) is 10.3. The fourth-order valence-corrected chi connectivity index (χ4v) is 6.88. The minimum atomic E-state index is -0.0498. The molecule has 2 aromatic rings. The van der Waals surface area contributed by atoms with Gasteiger partial charge in [-0.05, 0) is 85.0 Å². The standard InChI is InChI=1S/C32H45F/c1-3-5-7-10-25-11-13-26(14-12-25)28-17-20-30(31(33)24-28)27-15-18-29(19-16-27)32(21-4-2)22-8-6-9-23-32/h15-20,24-26H,3-14,21-23H2,1-2H3/t25-,26-. The van der Waals surface area contributed by atoms with Gasteiger partial charge < -0.3 is 0 Å². The molecule has 33 heavy (non-hydrogen) atoms. The molecule has 2 saturated carbocycles. The number of hydrogen-bond acceptors (Lipinski definition) is 0. The van der Waals surface area contributed by atoms with E-state index in [0.717, 1.165) is 17.0 Å². The molecule has 2 aliphatic rings. The van der Waals surface area contributed by atoms with E-state index in [4.69, 9.17) is 0 Å². The Morgan fingerprint density at radius 2 is 1.55 bits per heavy atom. The summed E-state index contributed by atoms with van der Waals surface area (Å²) in [5.41, 5.74) is 4.81. The van der Waals surface area contributed by atoms with Gasteiger partial charge in [0.2, 0.25) is 0 Å². The minimum Gasteiger partial charge on any atom is -0.206 e. The van der Waals surface area contributed by atoms with Crippen LogP contribution in [0.2, 0.25) is 0 Å². The topological polar surface area (TPSA) is 0 Å². The second-order valence-corrected chi connectivity index (χ2v) is 11.1. The van der Waals surface area contributed by atoms with E-state index < -0.39 is 0 Å². The molecule has 0 aromatic heterocycles. The molecule has 0 saturated heterocycles. The van der Waals surface area contributed by atoms with Crippen LogP contribution >= 0.6 is 0 Å². The van der Waals surface area contributed by atoms with Crippen molar-refractivity contribution in [2.24, 2.45) is 5.92 Å². The summed E-state index contributed by atoms with van der Waals surface area (Å²) in [4.78, 5) is 0. The number of rotatable bonds is 9. The van der Waals surface area contributed by atoms with Crippen LogP contribution in [0.15, 0.2) is 42.5 Å². The molecular weight excluding hydrogens is 403 g/mol. The number of benzene rings is 2. The van der Waals surface area contributed by atoms with Gasteiger partial charge >= 0.3 is 0 Å². The van der Waals surface area contributed by atoms with Crippen molar-refractivity contribution >= 4 is 0 Å². The maximum absolute atomic E-state index is 15.2. The van der Waals surface area contributed by atoms with Gasteiger partial charge in [0.25, 0.3) is 0 Å². The first kappa shape index (κ1) is 24.5. The van der Waals surface area contributed by atoms with Gasteiger partial charge in [0.15, 0.2) is 0 Å². The van der Waals surface area contributed by atoms with E-state index in [2.05, 4.69) is 44.2 Å². The Morgan fingerprint density at radius 1 is 0.818 bits per heavy atom. The molecule has 0 nitrogen and oxygen atoms in total. The first-order valence-electron chi connectivity index (χ1n) is 14.1. The highest BCUT2D eigenvalue weighted by Gasteiger charge is 2.32. The van der Waals surface area contributed by atoms with Gasteiger partial charge in [0.1, 0.15) is 5.82 Å². The van der Waals surface area contributed by atoms with E-state index in [1.165, 1.54) is 107 Å². The third kappa shape index (κ3) is 5.90. The summed E-state index contributed by atoms with van der Waals surface area (Å²) in [6.45, 7) is 4.59. The Morgan fingerprint density at radius 3 is 2.18 bits per heavy atom. The van der Waals surface area contributed by atoms with Gasteiger partial charge in [-0.1, -0.05) is 102 Å². The van der Waals surface area contributed by atoms with Gasteiger partial charge in [-0.15, -0.1) is 0 Å². The summed E-state index contributed by atoms with van der Waals surface area (Å²) in [6, 6.07) is 15.0. The monoisotopic (exact) mass is 448 g/mol. The van der Waals surface area contributed by atoms with Crippen LogP contribution in [-0.2, 0) is 5.41 Å². The zero-order chi connectivity index (χ0) is 23.1. The second kappa shape index (κ2) is 11.7. The van der Waals surface area contributed by atoms with E-state index in [9.17, 15) is 0 Å². The summed E-state index contributed by atoms with van der Waals surface area (Å²) in [5, 5.41) is 0. The van der Waals surface area contributed by atoms with Crippen molar-refractivity contribution in [1.29, 1.82) is 0 Å². The lowest BCUT2D eigenvalue weighted by Gasteiger charge is -2.38. The van der Waals surface area contributed by atoms with Crippen LogP contribution in [0, 0.1) is 11.7 Å². The Hall–Kier alpha value is -1.63. The molecule has 4 rings (SSSR count). The van der Waals surface area contributed by atoms with Crippen LogP contribution in [0.3, 0.4) is 0 Å². The molecule has 0 amide bonds. The first-order valence-corrected chi connectivity index (χ1v) is 14.1. The average molecular weight is 449 g/mol. The highest BCUT2D eigenvalue weighted by Crippen LogP contribution is 2.44. The van der Waals surface area contributed by atoms with Crippen molar-refractivity contribution in [2.75, 3.05) is 0 Å². The largest absolute Gasteiger partial charge is 0.206 e. The lowest BCUT2D eigenvalue weighted by Crippen LogP contribution is -2.28. The van der Waals surface area contributed by atoms with Crippen LogP contribution in [0.4, 0.5) is 4.39 Å². The van der Waals surface area contributed by atoms with Gasteiger partial charge in [-0.2, -0.15) is 0 Å². The van der Waals surface area contributed by atoms with Crippen LogP contribution in [-0.4, -0.2) is 0 Å². The SMILES string of the molecule is CCCCC[C@H]1CC[C@H](c2ccc(-c3ccc(C4(CCC)CCCCC4)cc3)c(F)c2)CC1. The number of unbranched alkanes of at least 4 members (excludes halogenated alkanes) is 2.